The van der Waals surface area contributed by atoms with Crippen molar-refractivity contribution in [1.29, 1.82) is 0 Å². The lowest BCUT2D eigenvalue weighted by Gasteiger charge is -2.16. The number of hydrogen-bond acceptors (Lipinski definition) is 3. The van der Waals surface area contributed by atoms with Gasteiger partial charge in [-0.25, -0.2) is 12.8 Å². The highest BCUT2D eigenvalue weighted by Gasteiger charge is 2.18. The van der Waals surface area contributed by atoms with Gasteiger partial charge >= 0.3 is 0 Å². The first-order valence-electron chi connectivity index (χ1n) is 9.13. The monoisotopic (exact) mass is 390 g/mol. The SMILES string of the molecule is O=C(NC1CCCCCC1)c1ccc(S(=O)(=O)Nc2cccc(F)c2)cc1. The molecule has 0 radical (unpaired) electrons. The van der Waals surface area contributed by atoms with Crippen LogP contribution >= 0.6 is 0 Å². The highest BCUT2D eigenvalue weighted by molar-refractivity contribution is 7.92. The summed E-state index contributed by atoms with van der Waals surface area (Å²) >= 11 is 0. The third-order valence-corrected chi connectivity index (χ3v) is 6.09. The van der Waals surface area contributed by atoms with Gasteiger partial charge in [0.25, 0.3) is 15.9 Å². The lowest BCUT2D eigenvalue weighted by atomic mass is 10.1. The minimum absolute atomic E-state index is 0.0118. The summed E-state index contributed by atoms with van der Waals surface area (Å²) < 4.78 is 40.4. The van der Waals surface area contributed by atoms with Crippen molar-refractivity contribution in [3.05, 3.63) is 59.9 Å². The van der Waals surface area contributed by atoms with Crippen LogP contribution in [0.3, 0.4) is 0 Å². The Bertz CT molecular complexity index is 890. The summed E-state index contributed by atoms with van der Waals surface area (Å²) in [5, 5.41) is 3.03. The molecule has 27 heavy (non-hydrogen) atoms. The van der Waals surface area contributed by atoms with Crippen LogP contribution in [0, 0.1) is 5.82 Å². The second-order valence-corrected chi connectivity index (χ2v) is 8.48. The van der Waals surface area contributed by atoms with Gasteiger partial charge in [0.2, 0.25) is 0 Å². The van der Waals surface area contributed by atoms with E-state index in [4.69, 9.17) is 0 Å². The number of halogens is 1. The Labute approximate surface area is 159 Å². The summed E-state index contributed by atoms with van der Waals surface area (Å²) in [5.41, 5.74) is 0.564. The Morgan fingerprint density at radius 2 is 1.63 bits per heavy atom. The minimum atomic E-state index is -3.85. The molecule has 1 aliphatic rings. The molecule has 5 nitrogen and oxygen atoms in total. The first kappa shape index (κ1) is 19.4. The van der Waals surface area contributed by atoms with Crippen molar-refractivity contribution in [2.75, 3.05) is 4.72 Å². The summed E-state index contributed by atoms with van der Waals surface area (Å²) in [5.74, 6) is -0.718. The minimum Gasteiger partial charge on any atom is -0.349 e. The van der Waals surface area contributed by atoms with Gasteiger partial charge in [-0.15, -0.1) is 0 Å². The molecule has 0 heterocycles. The van der Waals surface area contributed by atoms with Gasteiger partial charge in [0.05, 0.1) is 10.6 Å². The molecular formula is C20H23FN2O3S. The second-order valence-electron chi connectivity index (χ2n) is 6.80. The van der Waals surface area contributed by atoms with Crippen LogP contribution < -0.4 is 10.0 Å². The van der Waals surface area contributed by atoms with Crippen LogP contribution in [0.25, 0.3) is 0 Å². The molecule has 0 aromatic heterocycles. The zero-order chi connectivity index (χ0) is 19.3. The van der Waals surface area contributed by atoms with Crippen LogP contribution in [0.5, 0.6) is 0 Å². The second kappa shape index (κ2) is 8.52. The predicted molar refractivity (Wildman–Crippen MR) is 103 cm³/mol. The molecule has 1 amide bonds. The maximum atomic E-state index is 13.2. The fourth-order valence-electron chi connectivity index (χ4n) is 3.24. The van der Waals surface area contributed by atoms with E-state index in [0.717, 1.165) is 31.7 Å². The average molecular weight is 390 g/mol. The number of nitrogens with one attached hydrogen (secondary N) is 2. The fourth-order valence-corrected chi connectivity index (χ4v) is 4.29. The maximum Gasteiger partial charge on any atom is 0.261 e. The Kier molecular flexibility index (Phi) is 6.11. The van der Waals surface area contributed by atoms with Gasteiger partial charge in [0.15, 0.2) is 0 Å². The third-order valence-electron chi connectivity index (χ3n) is 4.69. The Balaban J connectivity index is 1.67. The van der Waals surface area contributed by atoms with Crippen LogP contribution in [0.2, 0.25) is 0 Å². The van der Waals surface area contributed by atoms with E-state index in [2.05, 4.69) is 10.0 Å². The van der Waals surface area contributed by atoms with Gasteiger partial charge in [0.1, 0.15) is 5.82 Å². The summed E-state index contributed by atoms with van der Waals surface area (Å²) in [7, 11) is -3.85. The van der Waals surface area contributed by atoms with Gasteiger partial charge in [-0.05, 0) is 55.3 Å². The number of amides is 1. The number of anilines is 1. The van der Waals surface area contributed by atoms with Gasteiger partial charge in [-0.3, -0.25) is 9.52 Å². The first-order valence-corrected chi connectivity index (χ1v) is 10.6. The molecule has 0 saturated heterocycles. The molecule has 2 N–H and O–H groups in total. The van der Waals surface area contributed by atoms with Crippen molar-refractivity contribution in [3.63, 3.8) is 0 Å². The zero-order valence-corrected chi connectivity index (χ0v) is 15.8. The number of benzene rings is 2. The van der Waals surface area contributed by atoms with Crippen molar-refractivity contribution in [2.45, 2.75) is 49.5 Å². The van der Waals surface area contributed by atoms with Crippen LogP contribution in [-0.4, -0.2) is 20.4 Å². The zero-order valence-electron chi connectivity index (χ0n) is 14.9. The number of carbonyl (C=O) groups excluding carboxylic acids is 1. The molecule has 1 saturated carbocycles. The van der Waals surface area contributed by atoms with Crippen molar-refractivity contribution < 1.29 is 17.6 Å². The third kappa shape index (κ3) is 5.29. The molecule has 7 heteroatoms. The van der Waals surface area contributed by atoms with E-state index in [0.29, 0.717) is 5.56 Å². The Hall–Kier alpha value is -2.41. The fraction of sp³-hybridized carbons (Fsp3) is 0.350. The molecule has 0 unspecified atom stereocenters. The standard InChI is InChI=1S/C20H23FN2O3S/c21-16-6-5-9-18(14-16)23-27(25,26)19-12-10-15(11-13-19)20(24)22-17-7-3-1-2-4-8-17/h5-6,9-14,17,23H,1-4,7-8H2,(H,22,24). The molecule has 2 aromatic carbocycles. The highest BCUT2D eigenvalue weighted by Crippen LogP contribution is 2.19. The van der Waals surface area contributed by atoms with Crippen molar-refractivity contribution in [1.82, 2.24) is 5.32 Å². The van der Waals surface area contributed by atoms with Crippen LogP contribution in [-0.2, 0) is 10.0 Å². The molecule has 2 aromatic rings. The molecule has 144 valence electrons. The van der Waals surface area contributed by atoms with Gasteiger partial charge in [-0.2, -0.15) is 0 Å². The van der Waals surface area contributed by atoms with E-state index in [1.165, 1.54) is 55.3 Å². The molecule has 0 aliphatic heterocycles. The van der Waals surface area contributed by atoms with Crippen LogP contribution in [0.1, 0.15) is 48.9 Å². The average Bonchev–Trinajstić information content (AvgIpc) is 2.90. The summed E-state index contributed by atoms with van der Waals surface area (Å²) in [6.45, 7) is 0. The quantitative estimate of drug-likeness (QED) is 0.756. The number of sulfonamides is 1. The van der Waals surface area contributed by atoms with E-state index >= 15 is 0 Å². The summed E-state index contributed by atoms with van der Waals surface area (Å²) in [6, 6.07) is 11.2. The maximum absolute atomic E-state index is 13.2. The molecule has 3 rings (SSSR count). The topological polar surface area (TPSA) is 75.3 Å². The number of carbonyl (C=O) groups is 1. The number of hydrogen-bond donors (Lipinski definition) is 2. The number of rotatable bonds is 5. The summed E-state index contributed by atoms with van der Waals surface area (Å²) in [6.07, 6.45) is 6.61. The molecule has 1 fully saturated rings. The molecule has 1 aliphatic carbocycles. The molecule has 0 atom stereocenters. The van der Waals surface area contributed by atoms with Crippen molar-refractivity contribution in [2.24, 2.45) is 0 Å². The van der Waals surface area contributed by atoms with E-state index in [1.807, 2.05) is 0 Å². The van der Waals surface area contributed by atoms with Gasteiger partial charge < -0.3 is 5.32 Å². The molecule has 0 spiro atoms. The lowest BCUT2D eigenvalue weighted by molar-refractivity contribution is 0.0933. The highest BCUT2D eigenvalue weighted by atomic mass is 32.2. The summed E-state index contributed by atoms with van der Waals surface area (Å²) in [4.78, 5) is 12.4. The van der Waals surface area contributed by atoms with E-state index < -0.39 is 15.8 Å². The van der Waals surface area contributed by atoms with E-state index in [1.54, 1.807) is 0 Å². The Morgan fingerprint density at radius 1 is 0.963 bits per heavy atom. The molecule has 0 bridgehead atoms. The lowest BCUT2D eigenvalue weighted by Crippen LogP contribution is -2.34. The van der Waals surface area contributed by atoms with Crippen molar-refractivity contribution >= 4 is 21.6 Å². The molecular weight excluding hydrogens is 367 g/mol. The van der Waals surface area contributed by atoms with Crippen molar-refractivity contribution in [3.8, 4) is 0 Å². The van der Waals surface area contributed by atoms with Gasteiger partial charge in [-0.1, -0.05) is 31.7 Å². The normalized spacial score (nSPS) is 15.7. The van der Waals surface area contributed by atoms with Crippen LogP contribution in [0.4, 0.5) is 10.1 Å². The van der Waals surface area contributed by atoms with Crippen LogP contribution in [0.15, 0.2) is 53.4 Å². The largest absolute Gasteiger partial charge is 0.349 e. The first-order chi connectivity index (χ1) is 12.9. The smallest absolute Gasteiger partial charge is 0.261 e. The van der Waals surface area contributed by atoms with E-state index in [9.17, 15) is 17.6 Å². The van der Waals surface area contributed by atoms with E-state index in [-0.39, 0.29) is 22.5 Å². The Morgan fingerprint density at radius 3 is 2.26 bits per heavy atom. The van der Waals surface area contributed by atoms with Gasteiger partial charge in [0, 0.05) is 11.6 Å². The predicted octanol–water partition coefficient (Wildman–Crippen LogP) is 4.08.